The van der Waals surface area contributed by atoms with E-state index >= 15 is 0 Å². The van der Waals surface area contributed by atoms with Gasteiger partial charge in [0.2, 0.25) is 11.9 Å². The van der Waals surface area contributed by atoms with Crippen molar-refractivity contribution in [3.8, 4) is 0 Å². The molecule has 1 aromatic heterocycles. The number of aromatic nitrogens is 3. The minimum absolute atomic E-state index is 0.0457. The van der Waals surface area contributed by atoms with Gasteiger partial charge in [-0.25, -0.2) is 0 Å². The molecule has 2 aromatic rings. The minimum atomic E-state index is -4.44. The van der Waals surface area contributed by atoms with Crippen molar-refractivity contribution >= 4 is 17.8 Å². The molecule has 1 saturated heterocycles. The molecule has 1 N–H and O–H groups in total. The third-order valence-electron chi connectivity index (χ3n) is 4.33. The molecule has 28 heavy (non-hydrogen) atoms. The van der Waals surface area contributed by atoms with E-state index in [2.05, 4.69) is 25.2 Å². The summed E-state index contributed by atoms with van der Waals surface area (Å²) in [4.78, 5) is 29.3. The topological polar surface area (TPSA) is 74.2 Å². The Morgan fingerprint density at radius 3 is 2.32 bits per heavy atom. The van der Waals surface area contributed by atoms with Crippen LogP contribution in [0.4, 0.5) is 25.1 Å². The van der Waals surface area contributed by atoms with E-state index in [-0.39, 0.29) is 12.1 Å². The van der Waals surface area contributed by atoms with Crippen molar-refractivity contribution in [1.82, 2.24) is 20.3 Å². The second-order valence-corrected chi connectivity index (χ2v) is 6.70. The number of rotatable bonds is 5. The van der Waals surface area contributed by atoms with E-state index < -0.39 is 17.6 Å². The van der Waals surface area contributed by atoms with Gasteiger partial charge in [0.25, 0.3) is 5.91 Å². The molecular weight excluding hydrogens is 373 g/mol. The van der Waals surface area contributed by atoms with Crippen LogP contribution in [0, 0.1) is 0 Å². The Kier molecular flexibility index (Phi) is 5.66. The predicted molar refractivity (Wildman–Crippen MR) is 98.2 cm³/mol. The van der Waals surface area contributed by atoms with Crippen molar-refractivity contribution in [2.24, 2.45) is 0 Å². The van der Waals surface area contributed by atoms with Gasteiger partial charge in [-0.1, -0.05) is 0 Å². The summed E-state index contributed by atoms with van der Waals surface area (Å²) in [5.41, 5.74) is -0.665. The molecule has 0 radical (unpaired) electrons. The fourth-order valence-electron chi connectivity index (χ4n) is 2.80. The molecule has 0 aliphatic carbocycles. The molecule has 0 saturated carbocycles. The second kappa shape index (κ2) is 7.99. The Balaban J connectivity index is 1.71. The van der Waals surface area contributed by atoms with Gasteiger partial charge in [-0.15, -0.1) is 0 Å². The number of anilines is 2. The molecule has 1 aromatic carbocycles. The van der Waals surface area contributed by atoms with Crippen LogP contribution in [0.25, 0.3) is 0 Å². The first-order valence-electron chi connectivity index (χ1n) is 8.87. The first kappa shape index (κ1) is 19.8. The SMILES string of the molecule is CN(C)c1nc(CNC(=O)c2ccc(C(F)(F)F)cc2)nc(N2CCCC2)n1. The Morgan fingerprint density at radius 1 is 1.11 bits per heavy atom. The van der Waals surface area contributed by atoms with E-state index in [0.29, 0.717) is 17.7 Å². The van der Waals surface area contributed by atoms with Gasteiger partial charge in [0.05, 0.1) is 12.1 Å². The highest BCUT2D eigenvalue weighted by molar-refractivity contribution is 5.94. The summed E-state index contributed by atoms with van der Waals surface area (Å²) in [6.45, 7) is 1.78. The van der Waals surface area contributed by atoms with Gasteiger partial charge in [-0.05, 0) is 37.1 Å². The zero-order valence-corrected chi connectivity index (χ0v) is 15.6. The highest BCUT2D eigenvalue weighted by Gasteiger charge is 2.30. The first-order valence-corrected chi connectivity index (χ1v) is 8.87. The number of amides is 1. The van der Waals surface area contributed by atoms with Gasteiger partial charge in [0.15, 0.2) is 5.82 Å². The Labute approximate surface area is 160 Å². The number of benzene rings is 1. The second-order valence-electron chi connectivity index (χ2n) is 6.70. The lowest BCUT2D eigenvalue weighted by Crippen LogP contribution is -2.27. The van der Waals surface area contributed by atoms with Crippen LogP contribution in [0.15, 0.2) is 24.3 Å². The molecule has 7 nitrogen and oxygen atoms in total. The number of alkyl halides is 3. The lowest BCUT2D eigenvalue weighted by atomic mass is 10.1. The van der Waals surface area contributed by atoms with Crippen LogP contribution in [0.1, 0.15) is 34.6 Å². The van der Waals surface area contributed by atoms with Crippen molar-refractivity contribution < 1.29 is 18.0 Å². The van der Waals surface area contributed by atoms with Gasteiger partial charge >= 0.3 is 6.18 Å². The number of carbonyl (C=O) groups excluding carboxylic acids is 1. The van der Waals surface area contributed by atoms with Gasteiger partial charge in [0, 0.05) is 32.7 Å². The highest BCUT2D eigenvalue weighted by atomic mass is 19.4. The number of nitrogens with one attached hydrogen (secondary N) is 1. The molecule has 10 heteroatoms. The van der Waals surface area contributed by atoms with Crippen LogP contribution in [0.3, 0.4) is 0 Å². The fraction of sp³-hybridized carbons (Fsp3) is 0.444. The molecule has 0 spiro atoms. The maximum absolute atomic E-state index is 12.6. The lowest BCUT2D eigenvalue weighted by molar-refractivity contribution is -0.137. The third kappa shape index (κ3) is 4.68. The number of carbonyl (C=O) groups is 1. The van der Waals surface area contributed by atoms with Crippen molar-refractivity contribution in [3.63, 3.8) is 0 Å². The Bertz CT molecular complexity index is 832. The molecule has 1 amide bonds. The summed E-state index contributed by atoms with van der Waals surface area (Å²) in [5.74, 6) is 0.940. The van der Waals surface area contributed by atoms with E-state index in [0.717, 1.165) is 50.2 Å². The zero-order valence-electron chi connectivity index (χ0n) is 15.6. The third-order valence-corrected chi connectivity index (χ3v) is 4.33. The van der Waals surface area contributed by atoms with Crippen LogP contribution in [-0.2, 0) is 12.7 Å². The molecule has 0 unspecified atom stereocenters. The maximum atomic E-state index is 12.6. The monoisotopic (exact) mass is 394 g/mol. The number of nitrogens with zero attached hydrogens (tertiary/aromatic N) is 5. The van der Waals surface area contributed by atoms with Crippen molar-refractivity contribution in [2.45, 2.75) is 25.6 Å². The molecule has 3 rings (SSSR count). The van der Waals surface area contributed by atoms with Crippen LogP contribution < -0.4 is 15.1 Å². The van der Waals surface area contributed by atoms with Crippen LogP contribution in [0.2, 0.25) is 0 Å². The van der Waals surface area contributed by atoms with Crippen molar-refractivity contribution in [2.75, 3.05) is 37.0 Å². The van der Waals surface area contributed by atoms with Crippen molar-refractivity contribution in [3.05, 3.63) is 41.2 Å². The zero-order chi connectivity index (χ0) is 20.3. The predicted octanol–water partition coefficient (Wildman–Crippen LogP) is 2.49. The molecule has 1 fully saturated rings. The maximum Gasteiger partial charge on any atom is 0.416 e. The molecule has 2 heterocycles. The van der Waals surface area contributed by atoms with Gasteiger partial charge in [-0.3, -0.25) is 4.79 Å². The van der Waals surface area contributed by atoms with E-state index in [1.807, 2.05) is 14.1 Å². The summed E-state index contributed by atoms with van der Waals surface area (Å²) in [6.07, 6.45) is -2.29. The van der Waals surface area contributed by atoms with Gasteiger partial charge < -0.3 is 15.1 Å². The summed E-state index contributed by atoms with van der Waals surface area (Å²) in [6, 6.07) is 4.06. The summed E-state index contributed by atoms with van der Waals surface area (Å²) >= 11 is 0. The largest absolute Gasteiger partial charge is 0.416 e. The Hall–Kier alpha value is -2.91. The fourth-order valence-corrected chi connectivity index (χ4v) is 2.80. The molecule has 1 aliphatic heterocycles. The molecular formula is C18H21F3N6O. The van der Waals surface area contributed by atoms with E-state index in [1.165, 1.54) is 0 Å². The number of hydrogen-bond acceptors (Lipinski definition) is 6. The standard InChI is InChI=1S/C18H21F3N6O/c1-26(2)16-23-14(24-17(25-16)27-9-3-4-10-27)11-22-15(28)12-5-7-13(8-6-12)18(19,20)21/h5-8H,3-4,9-11H2,1-2H3,(H,22,28). The van der Waals surface area contributed by atoms with Crippen LogP contribution in [0.5, 0.6) is 0 Å². The average molecular weight is 394 g/mol. The molecule has 0 atom stereocenters. The summed E-state index contributed by atoms with van der Waals surface area (Å²) in [7, 11) is 3.63. The van der Waals surface area contributed by atoms with Gasteiger partial charge in [-0.2, -0.15) is 28.1 Å². The molecule has 150 valence electrons. The van der Waals surface area contributed by atoms with Crippen LogP contribution in [-0.4, -0.2) is 48.0 Å². The van der Waals surface area contributed by atoms with Crippen LogP contribution >= 0.6 is 0 Å². The smallest absolute Gasteiger partial charge is 0.347 e. The number of halogens is 3. The quantitative estimate of drug-likeness (QED) is 0.840. The number of hydrogen-bond donors (Lipinski definition) is 1. The van der Waals surface area contributed by atoms with E-state index in [9.17, 15) is 18.0 Å². The highest BCUT2D eigenvalue weighted by Crippen LogP contribution is 2.29. The van der Waals surface area contributed by atoms with E-state index in [1.54, 1.807) is 4.90 Å². The average Bonchev–Trinajstić information content (AvgIpc) is 3.20. The first-order chi connectivity index (χ1) is 13.2. The summed E-state index contributed by atoms with van der Waals surface area (Å²) in [5, 5.41) is 2.65. The Morgan fingerprint density at radius 2 is 1.75 bits per heavy atom. The van der Waals surface area contributed by atoms with E-state index in [4.69, 9.17) is 0 Å². The van der Waals surface area contributed by atoms with Crippen molar-refractivity contribution in [1.29, 1.82) is 0 Å². The lowest BCUT2D eigenvalue weighted by Gasteiger charge is -2.19. The minimum Gasteiger partial charge on any atom is -0.347 e. The normalized spacial score (nSPS) is 14.2. The van der Waals surface area contributed by atoms with Gasteiger partial charge in [0.1, 0.15) is 0 Å². The summed E-state index contributed by atoms with van der Waals surface area (Å²) < 4.78 is 37.9. The molecule has 1 aliphatic rings. The molecule has 0 bridgehead atoms.